The molecule has 0 radical (unpaired) electrons. The molecule has 1 aromatic carbocycles. The summed E-state index contributed by atoms with van der Waals surface area (Å²) >= 11 is 7.32. The van der Waals surface area contributed by atoms with Crippen LogP contribution in [0.1, 0.15) is 0 Å². The monoisotopic (exact) mass is 290 g/mol. The van der Waals surface area contributed by atoms with E-state index in [1.807, 2.05) is 32.3 Å². The molecule has 0 aliphatic carbocycles. The lowest BCUT2D eigenvalue weighted by molar-refractivity contribution is 0.661. The number of hydrogen-bond acceptors (Lipinski definition) is 1. The molecule has 1 rings (SSSR count). The van der Waals surface area contributed by atoms with Gasteiger partial charge < -0.3 is 36.3 Å². The molecule has 0 heterocycles. The van der Waals surface area contributed by atoms with Gasteiger partial charge in [0.2, 0.25) is 3.93 Å². The van der Waals surface area contributed by atoms with Crippen molar-refractivity contribution < 1.29 is 0 Å². The van der Waals surface area contributed by atoms with Crippen LogP contribution in [0.5, 0.6) is 0 Å². The number of hydrogen-bond donors (Lipinski definition) is 0. The molecule has 0 aliphatic rings. The summed E-state index contributed by atoms with van der Waals surface area (Å²) in [5.74, 6) is 0. The average Bonchev–Trinajstić information content (AvgIpc) is 2.06. The minimum Gasteiger partial charge on any atom is -0.457 e. The number of benzene rings is 1. The Kier molecular flexibility index (Phi) is 3.38. The molecule has 1 nitrogen and oxygen atoms in total. The molecule has 0 spiro atoms. The minimum absolute atomic E-state index is 0.901. The van der Waals surface area contributed by atoms with E-state index >= 15 is 0 Å². The van der Waals surface area contributed by atoms with Gasteiger partial charge in [-0.1, -0.05) is 30.3 Å². The van der Waals surface area contributed by atoms with Gasteiger partial charge in [0.1, 0.15) is 0 Å². The second-order valence-corrected chi connectivity index (χ2v) is 6.88. The quantitative estimate of drug-likeness (QED) is 0.755. The van der Waals surface area contributed by atoms with Crippen molar-refractivity contribution in [2.75, 3.05) is 14.1 Å². The molecular formula is C8H11BBr2N-. The van der Waals surface area contributed by atoms with E-state index in [0.717, 1.165) is 0 Å². The van der Waals surface area contributed by atoms with Crippen LogP contribution in [0.3, 0.4) is 0 Å². The van der Waals surface area contributed by atoms with E-state index in [9.17, 15) is 0 Å². The van der Waals surface area contributed by atoms with Crippen molar-refractivity contribution in [2.24, 2.45) is 0 Å². The van der Waals surface area contributed by atoms with Crippen molar-refractivity contribution in [1.29, 1.82) is 0 Å². The fourth-order valence-electron chi connectivity index (χ4n) is 0.983. The second kappa shape index (κ2) is 3.94. The molecule has 0 aromatic heterocycles. The maximum Gasteiger partial charge on any atom is 0.216 e. The molecule has 0 N–H and O–H groups in total. The summed E-state index contributed by atoms with van der Waals surface area (Å²) in [5, 5.41) is 0. The predicted octanol–water partition coefficient (Wildman–Crippen LogP) is 2.18. The highest BCUT2D eigenvalue weighted by Gasteiger charge is 2.19. The van der Waals surface area contributed by atoms with Crippen molar-refractivity contribution in [3.05, 3.63) is 30.3 Å². The molecule has 66 valence electrons. The Morgan fingerprint density at radius 3 is 2.00 bits per heavy atom. The van der Waals surface area contributed by atoms with Gasteiger partial charge in [0.25, 0.3) is 0 Å². The van der Waals surface area contributed by atoms with Crippen LogP contribution in [0.2, 0.25) is 0 Å². The van der Waals surface area contributed by atoms with Gasteiger partial charge in [-0.15, -0.1) is 0 Å². The van der Waals surface area contributed by atoms with Crippen molar-refractivity contribution in [3.8, 4) is 0 Å². The summed E-state index contributed by atoms with van der Waals surface area (Å²) in [6.07, 6.45) is 0. The highest BCUT2D eigenvalue weighted by Crippen LogP contribution is 2.21. The third-order valence-electron chi connectivity index (χ3n) is 1.85. The Labute approximate surface area is 90.0 Å². The van der Waals surface area contributed by atoms with E-state index in [0.29, 0.717) is 0 Å². The Bertz CT molecular complexity index is 248. The lowest BCUT2D eigenvalue weighted by atomic mass is 9.80. The molecule has 0 atom stereocenters. The van der Waals surface area contributed by atoms with Crippen LogP contribution in [-0.2, 0) is 0 Å². The Hall–Kier alpha value is 0.205. The largest absolute Gasteiger partial charge is 0.457 e. The molecule has 0 saturated heterocycles. The van der Waals surface area contributed by atoms with Gasteiger partial charge in [-0.05, 0) is 14.1 Å². The molecule has 12 heavy (non-hydrogen) atoms. The molecule has 4 heteroatoms. The van der Waals surface area contributed by atoms with E-state index in [1.165, 1.54) is 5.46 Å². The van der Waals surface area contributed by atoms with Crippen LogP contribution in [0.25, 0.3) is 0 Å². The predicted molar refractivity (Wildman–Crippen MR) is 63.4 cm³/mol. The molecule has 1 aromatic rings. The maximum absolute atomic E-state index is 3.66. The number of halogens is 2. The van der Waals surface area contributed by atoms with E-state index in [4.69, 9.17) is 0 Å². The summed E-state index contributed by atoms with van der Waals surface area (Å²) in [4.78, 5) is 2.12. The fourth-order valence-corrected chi connectivity index (χ4v) is 1.59. The molecule has 0 amide bonds. The normalized spacial score (nSPS) is 12.1. The van der Waals surface area contributed by atoms with Crippen LogP contribution >= 0.6 is 31.5 Å². The highest BCUT2D eigenvalue weighted by molar-refractivity contribution is 9.51. The van der Waals surface area contributed by atoms with Crippen LogP contribution in [0.4, 0.5) is 0 Å². The maximum atomic E-state index is 3.66. The van der Waals surface area contributed by atoms with E-state index in [1.54, 1.807) is 0 Å². The van der Waals surface area contributed by atoms with Crippen molar-refractivity contribution in [1.82, 2.24) is 4.81 Å². The molecule has 0 saturated carbocycles. The van der Waals surface area contributed by atoms with Crippen LogP contribution in [0.15, 0.2) is 30.3 Å². The first kappa shape index (κ1) is 10.3. The van der Waals surface area contributed by atoms with Crippen molar-refractivity contribution in [2.45, 2.75) is 0 Å². The van der Waals surface area contributed by atoms with Crippen molar-refractivity contribution >= 4 is 40.9 Å². The topological polar surface area (TPSA) is 3.24 Å². The van der Waals surface area contributed by atoms with Crippen LogP contribution < -0.4 is 5.46 Å². The fraction of sp³-hybridized carbons (Fsp3) is 0.250. The highest BCUT2D eigenvalue weighted by atomic mass is 79.9. The average molecular weight is 292 g/mol. The summed E-state index contributed by atoms with van der Waals surface area (Å²) in [6, 6.07) is 10.3. The number of rotatable bonds is 2. The molecule has 0 unspecified atom stereocenters. The third kappa shape index (κ3) is 2.12. The molecule has 0 aliphatic heterocycles. The van der Waals surface area contributed by atoms with Gasteiger partial charge >= 0.3 is 0 Å². The first-order valence-corrected chi connectivity index (χ1v) is 5.62. The summed E-state index contributed by atoms with van der Waals surface area (Å²) < 4.78 is -0.901. The van der Waals surface area contributed by atoms with E-state index in [2.05, 4.69) is 48.5 Å². The van der Waals surface area contributed by atoms with E-state index in [-0.39, 0.29) is 0 Å². The Morgan fingerprint density at radius 2 is 1.58 bits per heavy atom. The lowest BCUT2D eigenvalue weighted by Crippen LogP contribution is -2.48. The lowest BCUT2D eigenvalue weighted by Gasteiger charge is -2.37. The Balaban J connectivity index is 2.98. The molecule has 0 fully saturated rings. The van der Waals surface area contributed by atoms with Gasteiger partial charge in [0, 0.05) is 0 Å². The summed E-state index contributed by atoms with van der Waals surface area (Å²) in [5.41, 5.74) is 1.25. The zero-order valence-electron chi connectivity index (χ0n) is 7.17. The SMILES string of the molecule is CN(C)[B-](Br)(Br)c1ccccc1. The van der Waals surface area contributed by atoms with Crippen molar-refractivity contribution in [3.63, 3.8) is 0 Å². The number of nitrogens with zero attached hydrogens (tertiary/aromatic N) is 1. The first-order chi connectivity index (χ1) is 5.55. The minimum atomic E-state index is -0.901. The smallest absolute Gasteiger partial charge is 0.216 e. The summed E-state index contributed by atoms with van der Waals surface area (Å²) in [7, 11) is 4.08. The van der Waals surface area contributed by atoms with Gasteiger partial charge in [-0.3, -0.25) is 0 Å². The van der Waals surface area contributed by atoms with Crippen LogP contribution in [0, 0.1) is 0 Å². The van der Waals surface area contributed by atoms with Gasteiger partial charge in [-0.25, -0.2) is 0 Å². The first-order valence-electron chi connectivity index (χ1n) is 3.79. The summed E-state index contributed by atoms with van der Waals surface area (Å²) in [6.45, 7) is 0. The third-order valence-corrected chi connectivity index (χ3v) is 4.54. The molecular weight excluding hydrogens is 281 g/mol. The van der Waals surface area contributed by atoms with Crippen LogP contribution in [-0.4, -0.2) is 22.8 Å². The standard InChI is InChI=1S/C8H11BBr2N/c1-12(2)9(10,11)8-6-4-3-5-7-8/h3-7H,1-2H3/q-1. The molecule has 0 bridgehead atoms. The van der Waals surface area contributed by atoms with E-state index < -0.39 is 3.93 Å². The van der Waals surface area contributed by atoms with Gasteiger partial charge in [0.05, 0.1) is 0 Å². The zero-order chi connectivity index (χ0) is 9.19. The van der Waals surface area contributed by atoms with Gasteiger partial charge in [-0.2, -0.15) is 5.46 Å². The zero-order valence-corrected chi connectivity index (χ0v) is 10.3. The second-order valence-electron chi connectivity index (χ2n) is 3.00. The van der Waals surface area contributed by atoms with Gasteiger partial charge in [0.15, 0.2) is 0 Å². The Morgan fingerprint density at radius 1 is 1.08 bits per heavy atom.